The highest BCUT2D eigenvalue weighted by Crippen LogP contribution is 2.21. The normalized spacial score (nSPS) is 10.1. The molecule has 0 fully saturated rings. The molecule has 0 saturated carbocycles. The number of nitrogens with one attached hydrogen (secondary N) is 1. The first-order valence-electron chi connectivity index (χ1n) is 6.71. The number of aryl methyl sites for hydroxylation is 1. The summed E-state index contributed by atoms with van der Waals surface area (Å²) in [7, 11) is 0. The van der Waals surface area contributed by atoms with E-state index in [0.717, 1.165) is 0 Å². The minimum atomic E-state index is -0.774. The Bertz CT molecular complexity index is 809. The molecule has 0 radical (unpaired) electrons. The number of halogens is 1. The van der Waals surface area contributed by atoms with Gasteiger partial charge in [0, 0.05) is 24.0 Å². The second-order valence-electron chi connectivity index (χ2n) is 4.72. The van der Waals surface area contributed by atoms with E-state index in [4.69, 9.17) is 16.3 Å². The molecule has 1 N–H and O–H groups in total. The molecule has 0 bridgehead atoms. The summed E-state index contributed by atoms with van der Waals surface area (Å²) in [5.41, 5.74) is 0.877. The number of nitro groups is 1. The molecule has 0 unspecified atom stereocenters. The molecule has 8 nitrogen and oxygen atoms in total. The van der Waals surface area contributed by atoms with E-state index >= 15 is 0 Å². The van der Waals surface area contributed by atoms with Crippen molar-refractivity contribution in [3.05, 3.63) is 62.9 Å². The molecule has 0 aliphatic carbocycles. The molecule has 2 aromatic rings. The Morgan fingerprint density at radius 3 is 2.75 bits per heavy atom. The Morgan fingerprint density at radius 1 is 1.38 bits per heavy atom. The van der Waals surface area contributed by atoms with Crippen LogP contribution in [-0.2, 0) is 9.53 Å². The summed E-state index contributed by atoms with van der Waals surface area (Å²) in [4.78, 5) is 37.5. The van der Waals surface area contributed by atoms with Gasteiger partial charge in [-0.15, -0.1) is 0 Å². The van der Waals surface area contributed by atoms with Crippen LogP contribution in [0.3, 0.4) is 0 Å². The zero-order valence-corrected chi connectivity index (χ0v) is 13.2. The van der Waals surface area contributed by atoms with E-state index in [1.807, 2.05) is 0 Å². The van der Waals surface area contributed by atoms with Crippen LogP contribution in [0.15, 0.2) is 36.5 Å². The van der Waals surface area contributed by atoms with Crippen molar-refractivity contribution in [2.45, 2.75) is 6.92 Å². The lowest BCUT2D eigenvalue weighted by molar-refractivity contribution is -0.384. The van der Waals surface area contributed by atoms with Crippen molar-refractivity contribution in [2.24, 2.45) is 0 Å². The van der Waals surface area contributed by atoms with Crippen LogP contribution in [0.25, 0.3) is 0 Å². The number of nitro benzene ring substituents is 1. The molecule has 2 rings (SSSR count). The average molecular weight is 350 g/mol. The number of rotatable bonds is 5. The fourth-order valence-corrected chi connectivity index (χ4v) is 2.03. The molecule has 0 atom stereocenters. The van der Waals surface area contributed by atoms with Gasteiger partial charge in [0.15, 0.2) is 6.61 Å². The average Bonchev–Trinajstić information content (AvgIpc) is 2.54. The number of hydrogen-bond acceptors (Lipinski definition) is 6. The lowest BCUT2D eigenvalue weighted by Crippen LogP contribution is -2.21. The summed E-state index contributed by atoms with van der Waals surface area (Å²) in [6.07, 6.45) is 1.42. The molecule has 1 amide bonds. The quantitative estimate of drug-likeness (QED) is 0.384. The molecule has 1 aromatic carbocycles. The summed E-state index contributed by atoms with van der Waals surface area (Å²) in [6, 6.07) is 6.95. The van der Waals surface area contributed by atoms with E-state index < -0.39 is 23.4 Å². The topological polar surface area (TPSA) is 111 Å². The number of anilines is 1. The molecule has 1 heterocycles. The van der Waals surface area contributed by atoms with E-state index in [-0.39, 0.29) is 16.4 Å². The summed E-state index contributed by atoms with van der Waals surface area (Å²) in [6.45, 7) is 1.09. The van der Waals surface area contributed by atoms with Gasteiger partial charge >= 0.3 is 5.97 Å². The predicted octanol–water partition coefficient (Wildman–Crippen LogP) is 2.75. The minimum absolute atomic E-state index is 0.0193. The Labute approximate surface area is 141 Å². The fraction of sp³-hybridized carbons (Fsp3) is 0.133. The van der Waals surface area contributed by atoms with Crippen LogP contribution in [0.4, 0.5) is 11.4 Å². The van der Waals surface area contributed by atoms with Crippen molar-refractivity contribution >= 4 is 34.9 Å². The third kappa shape index (κ3) is 4.26. The largest absolute Gasteiger partial charge is 0.452 e. The molecule has 0 aliphatic rings. The molecule has 124 valence electrons. The standard InChI is InChI=1S/C15H12ClN3O5/c1-9-7-10(19(22)23)4-5-12(9)18-13(20)8-24-15(21)11-3-2-6-17-14(11)16/h2-7H,8H2,1H3,(H,18,20). The third-order valence-corrected chi connectivity index (χ3v) is 3.31. The Hall–Kier alpha value is -3.00. The third-order valence-electron chi connectivity index (χ3n) is 3.01. The first kappa shape index (κ1) is 17.4. The highest BCUT2D eigenvalue weighted by atomic mass is 35.5. The van der Waals surface area contributed by atoms with E-state index in [1.54, 1.807) is 6.92 Å². The molecule has 24 heavy (non-hydrogen) atoms. The van der Waals surface area contributed by atoms with Crippen LogP contribution in [0.5, 0.6) is 0 Å². The van der Waals surface area contributed by atoms with Crippen LogP contribution in [0, 0.1) is 17.0 Å². The zero-order chi connectivity index (χ0) is 17.7. The van der Waals surface area contributed by atoms with Gasteiger partial charge in [-0.2, -0.15) is 0 Å². The number of aromatic nitrogens is 1. The van der Waals surface area contributed by atoms with Crippen LogP contribution in [0.1, 0.15) is 15.9 Å². The Kier molecular flexibility index (Phi) is 5.43. The van der Waals surface area contributed by atoms with Gasteiger partial charge in [0.25, 0.3) is 11.6 Å². The molecular formula is C15H12ClN3O5. The monoisotopic (exact) mass is 349 g/mol. The number of ether oxygens (including phenoxy) is 1. The van der Waals surface area contributed by atoms with E-state index in [1.165, 1.54) is 36.5 Å². The van der Waals surface area contributed by atoms with Gasteiger partial charge < -0.3 is 10.1 Å². The number of carbonyl (C=O) groups is 2. The van der Waals surface area contributed by atoms with Crippen molar-refractivity contribution in [2.75, 3.05) is 11.9 Å². The second kappa shape index (κ2) is 7.51. The SMILES string of the molecule is Cc1cc([N+](=O)[O-])ccc1NC(=O)COC(=O)c1cccnc1Cl. The van der Waals surface area contributed by atoms with E-state index in [9.17, 15) is 19.7 Å². The maximum Gasteiger partial charge on any atom is 0.341 e. The van der Waals surface area contributed by atoms with Gasteiger partial charge in [-0.3, -0.25) is 14.9 Å². The van der Waals surface area contributed by atoms with Crippen LogP contribution < -0.4 is 5.32 Å². The number of esters is 1. The number of benzene rings is 1. The summed E-state index contributed by atoms with van der Waals surface area (Å²) < 4.78 is 4.86. The number of amides is 1. The van der Waals surface area contributed by atoms with Crippen LogP contribution in [0.2, 0.25) is 5.15 Å². The van der Waals surface area contributed by atoms with Gasteiger partial charge in [0.2, 0.25) is 0 Å². The summed E-state index contributed by atoms with van der Waals surface area (Å²) in [5.74, 6) is -1.36. The number of carbonyl (C=O) groups excluding carboxylic acids is 2. The molecule has 0 spiro atoms. The lowest BCUT2D eigenvalue weighted by Gasteiger charge is -2.09. The van der Waals surface area contributed by atoms with Crippen molar-refractivity contribution in [1.82, 2.24) is 4.98 Å². The van der Waals surface area contributed by atoms with Crippen LogP contribution in [-0.4, -0.2) is 28.4 Å². The van der Waals surface area contributed by atoms with Crippen molar-refractivity contribution in [1.29, 1.82) is 0 Å². The Morgan fingerprint density at radius 2 is 2.12 bits per heavy atom. The highest BCUT2D eigenvalue weighted by molar-refractivity contribution is 6.32. The molecular weight excluding hydrogens is 338 g/mol. The predicted molar refractivity (Wildman–Crippen MR) is 86.0 cm³/mol. The van der Waals surface area contributed by atoms with Crippen molar-refractivity contribution in [3.8, 4) is 0 Å². The van der Waals surface area contributed by atoms with Gasteiger partial charge in [0.1, 0.15) is 5.15 Å². The van der Waals surface area contributed by atoms with Crippen molar-refractivity contribution < 1.29 is 19.2 Å². The zero-order valence-electron chi connectivity index (χ0n) is 12.5. The fourth-order valence-electron chi connectivity index (χ4n) is 1.84. The van der Waals surface area contributed by atoms with E-state index in [2.05, 4.69) is 10.3 Å². The summed E-state index contributed by atoms with van der Waals surface area (Å²) in [5, 5.41) is 13.2. The summed E-state index contributed by atoms with van der Waals surface area (Å²) >= 11 is 5.76. The van der Waals surface area contributed by atoms with Gasteiger partial charge in [-0.1, -0.05) is 11.6 Å². The molecule has 0 aliphatic heterocycles. The van der Waals surface area contributed by atoms with Gasteiger partial charge in [0.05, 0.1) is 10.5 Å². The number of hydrogen-bond donors (Lipinski definition) is 1. The van der Waals surface area contributed by atoms with Gasteiger partial charge in [-0.25, -0.2) is 9.78 Å². The maximum absolute atomic E-state index is 11.8. The first-order valence-corrected chi connectivity index (χ1v) is 7.09. The second-order valence-corrected chi connectivity index (χ2v) is 5.08. The molecule has 1 aromatic heterocycles. The van der Waals surface area contributed by atoms with Crippen molar-refractivity contribution in [3.63, 3.8) is 0 Å². The van der Waals surface area contributed by atoms with E-state index in [0.29, 0.717) is 11.3 Å². The van der Waals surface area contributed by atoms with Gasteiger partial charge in [-0.05, 0) is 30.7 Å². The minimum Gasteiger partial charge on any atom is -0.452 e. The molecule has 0 saturated heterocycles. The number of non-ortho nitro benzene ring substituents is 1. The lowest BCUT2D eigenvalue weighted by atomic mass is 10.2. The number of nitrogens with zero attached hydrogens (tertiary/aromatic N) is 2. The maximum atomic E-state index is 11.8. The van der Waals surface area contributed by atoms with Crippen LogP contribution >= 0.6 is 11.6 Å². The first-order chi connectivity index (χ1) is 11.4. The molecule has 9 heteroatoms. The highest BCUT2D eigenvalue weighted by Gasteiger charge is 2.15. The number of pyridine rings is 1. The Balaban J connectivity index is 1.95. The smallest absolute Gasteiger partial charge is 0.341 e.